The molecule has 6 nitrogen and oxygen atoms in total. The number of fused-ring (bicyclic) bond motifs is 1. The molecular formula is C24H24FN3O3. The van der Waals surface area contributed by atoms with E-state index in [9.17, 15) is 18.8 Å². The van der Waals surface area contributed by atoms with E-state index >= 15 is 0 Å². The SMILES string of the molecule is CC(=O)N[C@@H](Cc1ccc(F)cc1)C(=O)N[C@H](Cc1cccc2ccccc12)C(N)=O. The van der Waals surface area contributed by atoms with Crippen molar-refractivity contribution in [2.75, 3.05) is 0 Å². The minimum Gasteiger partial charge on any atom is -0.368 e. The number of rotatable bonds is 8. The molecule has 3 amide bonds. The molecular weight excluding hydrogens is 397 g/mol. The van der Waals surface area contributed by atoms with Crippen LogP contribution in [0.25, 0.3) is 10.8 Å². The van der Waals surface area contributed by atoms with E-state index in [4.69, 9.17) is 5.73 Å². The average Bonchev–Trinajstić information content (AvgIpc) is 2.74. The lowest BCUT2D eigenvalue weighted by Crippen LogP contribution is -2.54. The quantitative estimate of drug-likeness (QED) is 0.520. The van der Waals surface area contributed by atoms with Gasteiger partial charge in [-0.2, -0.15) is 0 Å². The highest BCUT2D eigenvalue weighted by atomic mass is 19.1. The second kappa shape index (κ2) is 9.84. The van der Waals surface area contributed by atoms with Crippen molar-refractivity contribution in [2.45, 2.75) is 31.8 Å². The zero-order chi connectivity index (χ0) is 22.4. The maximum Gasteiger partial charge on any atom is 0.243 e. The summed E-state index contributed by atoms with van der Waals surface area (Å²) in [6, 6.07) is 17.2. The average molecular weight is 421 g/mol. The van der Waals surface area contributed by atoms with Crippen LogP contribution in [0.2, 0.25) is 0 Å². The van der Waals surface area contributed by atoms with Crippen LogP contribution in [0, 0.1) is 5.82 Å². The van der Waals surface area contributed by atoms with E-state index in [2.05, 4.69) is 10.6 Å². The molecule has 0 aromatic heterocycles. The van der Waals surface area contributed by atoms with Gasteiger partial charge in [-0.3, -0.25) is 14.4 Å². The lowest BCUT2D eigenvalue weighted by molar-refractivity contribution is -0.130. The van der Waals surface area contributed by atoms with Crippen molar-refractivity contribution in [3.8, 4) is 0 Å². The largest absolute Gasteiger partial charge is 0.368 e. The van der Waals surface area contributed by atoms with E-state index in [-0.39, 0.29) is 12.8 Å². The molecule has 3 aromatic rings. The number of amides is 3. The maximum absolute atomic E-state index is 13.2. The van der Waals surface area contributed by atoms with Gasteiger partial charge in [0.2, 0.25) is 17.7 Å². The number of hydrogen-bond donors (Lipinski definition) is 3. The van der Waals surface area contributed by atoms with Gasteiger partial charge < -0.3 is 16.4 Å². The highest BCUT2D eigenvalue weighted by Gasteiger charge is 2.26. The third-order valence-corrected chi connectivity index (χ3v) is 5.01. The number of carbonyl (C=O) groups excluding carboxylic acids is 3. The molecule has 31 heavy (non-hydrogen) atoms. The van der Waals surface area contributed by atoms with Gasteiger partial charge in [-0.15, -0.1) is 0 Å². The molecule has 0 heterocycles. The lowest BCUT2D eigenvalue weighted by Gasteiger charge is -2.22. The third-order valence-electron chi connectivity index (χ3n) is 5.01. The summed E-state index contributed by atoms with van der Waals surface area (Å²) in [7, 11) is 0. The van der Waals surface area contributed by atoms with Gasteiger partial charge in [0.1, 0.15) is 17.9 Å². The van der Waals surface area contributed by atoms with E-state index in [0.29, 0.717) is 5.56 Å². The van der Waals surface area contributed by atoms with Crippen LogP contribution in [0.5, 0.6) is 0 Å². The van der Waals surface area contributed by atoms with Crippen molar-refractivity contribution >= 4 is 28.5 Å². The van der Waals surface area contributed by atoms with Gasteiger partial charge in [0.15, 0.2) is 0 Å². The Morgan fingerprint density at radius 3 is 2.23 bits per heavy atom. The molecule has 3 aromatic carbocycles. The second-order valence-corrected chi connectivity index (χ2v) is 7.39. The van der Waals surface area contributed by atoms with Gasteiger partial charge in [0.25, 0.3) is 0 Å². The van der Waals surface area contributed by atoms with Crippen LogP contribution < -0.4 is 16.4 Å². The van der Waals surface area contributed by atoms with E-state index in [1.807, 2.05) is 42.5 Å². The smallest absolute Gasteiger partial charge is 0.243 e. The molecule has 0 fully saturated rings. The first kappa shape index (κ1) is 22.0. The highest BCUT2D eigenvalue weighted by Crippen LogP contribution is 2.20. The van der Waals surface area contributed by atoms with Crippen LogP contribution in [-0.2, 0) is 27.2 Å². The first-order valence-electron chi connectivity index (χ1n) is 9.91. The minimum atomic E-state index is -0.956. The number of carbonyl (C=O) groups is 3. The Bertz CT molecular complexity index is 1090. The number of hydrogen-bond acceptors (Lipinski definition) is 3. The monoisotopic (exact) mass is 421 g/mol. The van der Waals surface area contributed by atoms with Crippen molar-refractivity contribution in [3.05, 3.63) is 83.7 Å². The van der Waals surface area contributed by atoms with Gasteiger partial charge in [-0.05, 0) is 34.0 Å². The van der Waals surface area contributed by atoms with Crippen molar-refractivity contribution < 1.29 is 18.8 Å². The van der Waals surface area contributed by atoms with Crippen LogP contribution in [0.3, 0.4) is 0 Å². The molecule has 160 valence electrons. The Morgan fingerprint density at radius 2 is 1.55 bits per heavy atom. The molecule has 0 spiro atoms. The Hall–Kier alpha value is -3.74. The number of primary amides is 1. The van der Waals surface area contributed by atoms with Gasteiger partial charge >= 0.3 is 0 Å². The van der Waals surface area contributed by atoms with Crippen molar-refractivity contribution in [1.29, 1.82) is 0 Å². The molecule has 0 aliphatic rings. The fourth-order valence-corrected chi connectivity index (χ4v) is 3.50. The minimum absolute atomic E-state index is 0.144. The zero-order valence-corrected chi connectivity index (χ0v) is 17.1. The molecule has 0 saturated carbocycles. The van der Waals surface area contributed by atoms with Crippen LogP contribution >= 0.6 is 0 Å². The first-order valence-corrected chi connectivity index (χ1v) is 9.91. The Kier molecular flexibility index (Phi) is 6.97. The summed E-state index contributed by atoms with van der Waals surface area (Å²) in [5.74, 6) is -2.01. The fourth-order valence-electron chi connectivity index (χ4n) is 3.50. The topological polar surface area (TPSA) is 101 Å². The molecule has 0 radical (unpaired) electrons. The molecule has 0 unspecified atom stereocenters. The summed E-state index contributed by atoms with van der Waals surface area (Å²) >= 11 is 0. The number of halogens is 1. The molecule has 3 rings (SSSR count). The normalized spacial score (nSPS) is 12.7. The summed E-state index contributed by atoms with van der Waals surface area (Å²) in [4.78, 5) is 36.6. The Morgan fingerprint density at radius 1 is 0.871 bits per heavy atom. The molecule has 2 atom stereocenters. The fraction of sp³-hybridized carbons (Fsp3) is 0.208. The highest BCUT2D eigenvalue weighted by molar-refractivity contribution is 5.92. The molecule has 0 aliphatic carbocycles. The van der Waals surface area contributed by atoms with Gasteiger partial charge in [-0.25, -0.2) is 4.39 Å². The summed E-state index contributed by atoms with van der Waals surface area (Å²) in [5.41, 5.74) is 7.10. The number of nitrogens with one attached hydrogen (secondary N) is 2. The summed E-state index contributed by atoms with van der Waals surface area (Å²) in [5, 5.41) is 7.23. The van der Waals surface area contributed by atoms with Crippen LogP contribution in [-0.4, -0.2) is 29.8 Å². The van der Waals surface area contributed by atoms with E-state index in [1.165, 1.54) is 19.1 Å². The predicted octanol–water partition coefficient (Wildman–Crippen LogP) is 2.24. The predicted molar refractivity (Wildman–Crippen MR) is 116 cm³/mol. The number of nitrogens with two attached hydrogens (primary N) is 1. The molecule has 7 heteroatoms. The van der Waals surface area contributed by atoms with Crippen LogP contribution in [0.4, 0.5) is 4.39 Å². The lowest BCUT2D eigenvalue weighted by atomic mass is 9.98. The Labute approximate surface area is 179 Å². The number of benzene rings is 3. The summed E-state index contributed by atoms with van der Waals surface area (Å²) < 4.78 is 13.2. The third kappa shape index (κ3) is 5.88. The van der Waals surface area contributed by atoms with E-state index < -0.39 is 35.6 Å². The first-order chi connectivity index (χ1) is 14.8. The van der Waals surface area contributed by atoms with E-state index in [0.717, 1.165) is 16.3 Å². The second-order valence-electron chi connectivity index (χ2n) is 7.39. The van der Waals surface area contributed by atoms with Gasteiger partial charge in [0.05, 0.1) is 0 Å². The summed E-state index contributed by atoms with van der Waals surface area (Å²) in [6.45, 7) is 1.30. The van der Waals surface area contributed by atoms with Crippen molar-refractivity contribution in [3.63, 3.8) is 0 Å². The van der Waals surface area contributed by atoms with Crippen LogP contribution in [0.1, 0.15) is 18.1 Å². The molecule has 0 aliphatic heterocycles. The molecule has 4 N–H and O–H groups in total. The zero-order valence-electron chi connectivity index (χ0n) is 17.1. The standard InChI is InChI=1S/C24H24FN3O3/c1-15(29)27-22(13-16-9-11-19(25)12-10-16)24(31)28-21(23(26)30)14-18-7-4-6-17-5-2-3-8-20(17)18/h2-12,21-22H,13-14H2,1H3,(H2,26,30)(H,27,29)(H,28,31)/t21-,22+/m1/s1. The maximum atomic E-state index is 13.2. The van der Waals surface area contributed by atoms with Gasteiger partial charge in [-0.1, -0.05) is 54.6 Å². The van der Waals surface area contributed by atoms with Gasteiger partial charge in [0, 0.05) is 19.8 Å². The molecule has 0 bridgehead atoms. The van der Waals surface area contributed by atoms with Crippen LogP contribution in [0.15, 0.2) is 66.7 Å². The summed E-state index contributed by atoms with van der Waals surface area (Å²) in [6.07, 6.45) is 0.358. The molecule has 0 saturated heterocycles. The van der Waals surface area contributed by atoms with Crippen molar-refractivity contribution in [2.24, 2.45) is 5.73 Å². The Balaban J connectivity index is 1.78. The van der Waals surface area contributed by atoms with Crippen molar-refractivity contribution in [1.82, 2.24) is 10.6 Å². The van der Waals surface area contributed by atoms with E-state index in [1.54, 1.807) is 12.1 Å².